The first-order chi connectivity index (χ1) is 7.72. The first-order valence-electron chi connectivity index (χ1n) is 5.38. The Hall–Kier alpha value is -0.530. The van der Waals surface area contributed by atoms with Crippen molar-refractivity contribution in [2.45, 2.75) is 36.9 Å². The maximum absolute atomic E-state index is 10.3. The van der Waals surface area contributed by atoms with Crippen LogP contribution in [0.4, 0.5) is 0 Å². The molecule has 0 amide bonds. The number of ether oxygens (including phenoxy) is 2. The number of fused-ring (bicyclic) bond motifs is 1. The Bertz CT molecular complexity index is 264. The van der Waals surface area contributed by atoms with Crippen LogP contribution in [-0.4, -0.2) is 47.6 Å². The van der Waals surface area contributed by atoms with Gasteiger partial charge in [-0.05, 0) is 12.2 Å². The Labute approximate surface area is 97.7 Å². The summed E-state index contributed by atoms with van der Waals surface area (Å²) in [7, 11) is 0. The molecule has 0 saturated carbocycles. The van der Waals surface area contributed by atoms with Crippen molar-refractivity contribution in [1.29, 1.82) is 0 Å². The first-order valence-corrected chi connectivity index (χ1v) is 6.43. The fourth-order valence-electron chi connectivity index (χ4n) is 2.04. The second kappa shape index (κ2) is 5.20. The molecular weight excluding hydrogens is 234 g/mol. The molecule has 0 bridgehead atoms. The van der Waals surface area contributed by atoms with Gasteiger partial charge >= 0.3 is 0 Å². The van der Waals surface area contributed by atoms with Gasteiger partial charge in [-0.15, -0.1) is 10.1 Å². The third kappa shape index (κ3) is 2.41. The van der Waals surface area contributed by atoms with Crippen LogP contribution in [-0.2, 0) is 14.3 Å². The van der Waals surface area contributed by atoms with Crippen molar-refractivity contribution >= 4 is 11.8 Å². The molecule has 0 aromatic heterocycles. The topological polar surface area (TPSA) is 70.8 Å². The summed E-state index contributed by atoms with van der Waals surface area (Å²) < 4.78 is 11.0. The highest BCUT2D eigenvalue weighted by atomic mass is 32.2. The quantitative estimate of drug-likeness (QED) is 0.532. The van der Waals surface area contributed by atoms with Gasteiger partial charge < -0.3 is 14.3 Å². The lowest BCUT2D eigenvalue weighted by atomic mass is 10.1. The molecule has 4 atom stereocenters. The Morgan fingerprint density at radius 3 is 2.88 bits per heavy atom. The lowest BCUT2D eigenvalue weighted by Crippen LogP contribution is -2.33. The van der Waals surface area contributed by atoms with E-state index in [0.29, 0.717) is 6.61 Å². The third-order valence-electron chi connectivity index (χ3n) is 2.72. The van der Waals surface area contributed by atoms with E-state index < -0.39 is 11.2 Å². The van der Waals surface area contributed by atoms with E-state index in [1.165, 1.54) is 0 Å². The van der Waals surface area contributed by atoms with Crippen LogP contribution in [0.1, 0.15) is 13.3 Å². The number of rotatable bonds is 5. The highest BCUT2D eigenvalue weighted by Crippen LogP contribution is 2.35. The van der Waals surface area contributed by atoms with E-state index in [2.05, 4.69) is 11.8 Å². The van der Waals surface area contributed by atoms with Crippen molar-refractivity contribution in [3.8, 4) is 0 Å². The van der Waals surface area contributed by atoms with Crippen molar-refractivity contribution in [2.24, 2.45) is 0 Å². The van der Waals surface area contributed by atoms with Gasteiger partial charge in [-0.3, -0.25) is 0 Å². The van der Waals surface area contributed by atoms with E-state index in [9.17, 15) is 10.1 Å². The van der Waals surface area contributed by atoms with E-state index in [4.69, 9.17) is 9.47 Å². The van der Waals surface area contributed by atoms with Gasteiger partial charge in [-0.25, -0.2) is 0 Å². The molecule has 0 spiro atoms. The number of hydrogen-bond donors (Lipinski definition) is 0. The third-order valence-corrected chi connectivity index (χ3v) is 4.20. The molecule has 0 unspecified atom stereocenters. The molecule has 2 rings (SSSR count). The van der Waals surface area contributed by atoms with E-state index in [-0.39, 0.29) is 24.1 Å². The molecule has 0 radical (unpaired) electrons. The number of thioether (sulfide) groups is 1. The van der Waals surface area contributed by atoms with E-state index in [1.807, 2.05) is 0 Å². The van der Waals surface area contributed by atoms with Crippen LogP contribution in [0.15, 0.2) is 0 Å². The Morgan fingerprint density at radius 2 is 2.19 bits per heavy atom. The smallest absolute Gasteiger partial charge is 0.294 e. The maximum atomic E-state index is 10.3. The predicted molar refractivity (Wildman–Crippen MR) is 57.9 cm³/mol. The zero-order valence-electron chi connectivity index (χ0n) is 9.03. The van der Waals surface area contributed by atoms with Crippen LogP contribution in [0.3, 0.4) is 0 Å². The minimum Gasteiger partial charge on any atom is -0.372 e. The average Bonchev–Trinajstić information content (AvgIpc) is 2.78. The second-order valence-corrected chi connectivity index (χ2v) is 5.22. The number of nitrogens with zero attached hydrogens (tertiary/aromatic N) is 1. The van der Waals surface area contributed by atoms with Crippen molar-refractivity contribution in [3.05, 3.63) is 10.1 Å². The molecule has 2 heterocycles. The Kier molecular flexibility index (Phi) is 3.88. The van der Waals surface area contributed by atoms with Crippen molar-refractivity contribution in [1.82, 2.24) is 0 Å². The van der Waals surface area contributed by atoms with Gasteiger partial charge in [0.25, 0.3) is 5.09 Å². The second-order valence-electron chi connectivity index (χ2n) is 3.87. The minimum atomic E-state index is -0.772. The summed E-state index contributed by atoms with van der Waals surface area (Å²) in [6.45, 7) is 2.96. The SMILES string of the molecule is CCCS[C@@H]1CO[C@H]2[C@@H]1OC[C@H]2O[N+](=O)[O-]. The zero-order valence-corrected chi connectivity index (χ0v) is 9.85. The molecule has 0 aliphatic carbocycles. The summed E-state index contributed by atoms with van der Waals surface area (Å²) >= 11 is 1.81. The van der Waals surface area contributed by atoms with Gasteiger partial charge in [0.05, 0.1) is 18.5 Å². The molecule has 2 aliphatic rings. The molecule has 16 heavy (non-hydrogen) atoms. The van der Waals surface area contributed by atoms with E-state index >= 15 is 0 Å². The summed E-state index contributed by atoms with van der Waals surface area (Å²) in [6, 6.07) is 0. The molecule has 2 fully saturated rings. The van der Waals surface area contributed by atoms with Crippen molar-refractivity contribution in [2.75, 3.05) is 19.0 Å². The summed E-state index contributed by atoms with van der Waals surface area (Å²) in [4.78, 5) is 14.8. The highest BCUT2D eigenvalue weighted by molar-refractivity contribution is 8.00. The van der Waals surface area contributed by atoms with E-state index in [0.717, 1.165) is 12.2 Å². The summed E-state index contributed by atoms with van der Waals surface area (Å²) in [5.74, 6) is 1.06. The molecule has 92 valence electrons. The molecule has 0 aromatic carbocycles. The predicted octanol–water partition coefficient (Wildman–Crippen LogP) is 0.873. The molecular formula is C9H15NO5S. The maximum Gasteiger partial charge on any atom is 0.294 e. The Morgan fingerprint density at radius 1 is 1.44 bits per heavy atom. The molecule has 2 aliphatic heterocycles. The highest BCUT2D eigenvalue weighted by Gasteiger charge is 2.49. The Balaban J connectivity index is 1.87. The fraction of sp³-hybridized carbons (Fsp3) is 1.00. The zero-order chi connectivity index (χ0) is 11.5. The fourth-order valence-corrected chi connectivity index (χ4v) is 3.18. The van der Waals surface area contributed by atoms with Gasteiger partial charge in [-0.2, -0.15) is 11.8 Å². The monoisotopic (exact) mass is 249 g/mol. The standard InChI is InChI=1S/C9H15NO5S/c1-2-3-16-7-5-14-8-6(15-10(11)12)4-13-9(7)8/h6-9H,2-5H2,1H3/t6-,7-,8-,9-/m1/s1. The minimum absolute atomic E-state index is 0.0542. The molecule has 6 nitrogen and oxygen atoms in total. The average molecular weight is 249 g/mol. The van der Waals surface area contributed by atoms with Crippen molar-refractivity contribution in [3.63, 3.8) is 0 Å². The van der Waals surface area contributed by atoms with Gasteiger partial charge in [0.2, 0.25) is 0 Å². The van der Waals surface area contributed by atoms with Crippen LogP contribution in [0.5, 0.6) is 0 Å². The van der Waals surface area contributed by atoms with Crippen LogP contribution in [0.2, 0.25) is 0 Å². The van der Waals surface area contributed by atoms with Gasteiger partial charge in [0.1, 0.15) is 12.2 Å². The normalized spacial score (nSPS) is 37.3. The summed E-state index contributed by atoms with van der Waals surface area (Å²) in [5.41, 5.74) is 0. The van der Waals surface area contributed by atoms with Crippen LogP contribution < -0.4 is 0 Å². The molecule has 7 heteroatoms. The largest absolute Gasteiger partial charge is 0.372 e. The number of hydrogen-bond acceptors (Lipinski definition) is 6. The lowest BCUT2D eigenvalue weighted by Gasteiger charge is -2.15. The first kappa shape index (κ1) is 11.9. The molecule has 0 N–H and O–H groups in total. The van der Waals surface area contributed by atoms with Gasteiger partial charge in [0.15, 0.2) is 6.10 Å². The van der Waals surface area contributed by atoms with Crippen molar-refractivity contribution < 1.29 is 19.4 Å². The van der Waals surface area contributed by atoms with E-state index in [1.54, 1.807) is 11.8 Å². The summed E-state index contributed by atoms with van der Waals surface area (Å²) in [6.07, 6.45) is 0.210. The van der Waals surface area contributed by atoms with Crippen LogP contribution >= 0.6 is 11.8 Å². The summed E-state index contributed by atoms with van der Waals surface area (Å²) in [5, 5.41) is 9.78. The van der Waals surface area contributed by atoms with Gasteiger partial charge in [0, 0.05) is 0 Å². The lowest BCUT2D eigenvalue weighted by molar-refractivity contribution is -0.769. The van der Waals surface area contributed by atoms with Gasteiger partial charge in [-0.1, -0.05) is 6.92 Å². The molecule has 0 aromatic rings. The molecule has 2 saturated heterocycles. The van der Waals surface area contributed by atoms with Crippen LogP contribution in [0.25, 0.3) is 0 Å². The van der Waals surface area contributed by atoms with Crippen LogP contribution in [0, 0.1) is 10.1 Å².